The summed E-state index contributed by atoms with van der Waals surface area (Å²) in [6.07, 6.45) is 0. The first-order valence-electron chi connectivity index (χ1n) is 8.49. The van der Waals surface area contributed by atoms with E-state index >= 15 is 0 Å². The second kappa shape index (κ2) is 7.03. The Labute approximate surface area is 166 Å². The van der Waals surface area contributed by atoms with Gasteiger partial charge >= 0.3 is 5.91 Å². The zero-order chi connectivity index (χ0) is 19.1. The summed E-state index contributed by atoms with van der Waals surface area (Å²) >= 11 is 12.0. The highest BCUT2D eigenvalue weighted by Gasteiger charge is 2.39. The minimum atomic E-state index is -0.541. The molecule has 2 heterocycles. The summed E-state index contributed by atoms with van der Waals surface area (Å²) in [6, 6.07) is 8.75. The monoisotopic (exact) mass is 407 g/mol. The molecule has 27 heavy (non-hydrogen) atoms. The first kappa shape index (κ1) is 18.1. The Bertz CT molecular complexity index is 948. The predicted molar refractivity (Wildman–Crippen MR) is 101 cm³/mol. The second-order valence-electron chi connectivity index (χ2n) is 6.62. The van der Waals surface area contributed by atoms with Crippen LogP contribution in [0.5, 0.6) is 11.5 Å². The number of hydrogen-bond acceptors (Lipinski definition) is 4. The lowest BCUT2D eigenvalue weighted by Crippen LogP contribution is -3.09. The van der Waals surface area contributed by atoms with Crippen molar-refractivity contribution < 1.29 is 24.0 Å². The number of rotatable bonds is 4. The number of ether oxygens (including phenoxy) is 2. The highest BCUT2D eigenvalue weighted by Crippen LogP contribution is 2.40. The molecular weight excluding hydrogens is 391 g/mol. The summed E-state index contributed by atoms with van der Waals surface area (Å²) in [4.78, 5) is 27.4. The van der Waals surface area contributed by atoms with Gasteiger partial charge in [0.1, 0.15) is 19.8 Å². The van der Waals surface area contributed by atoms with Gasteiger partial charge in [0.15, 0.2) is 18.2 Å². The van der Waals surface area contributed by atoms with Gasteiger partial charge in [-0.2, -0.15) is 0 Å². The van der Waals surface area contributed by atoms with E-state index in [9.17, 15) is 9.59 Å². The van der Waals surface area contributed by atoms with Crippen LogP contribution in [0.25, 0.3) is 0 Å². The smallest absolute Gasteiger partial charge is 0.303 e. The third-order valence-corrected chi connectivity index (χ3v) is 5.29. The van der Waals surface area contributed by atoms with Gasteiger partial charge in [-0.15, -0.1) is 0 Å². The van der Waals surface area contributed by atoms with Gasteiger partial charge in [0, 0.05) is 11.6 Å². The lowest BCUT2D eigenvalue weighted by molar-refractivity contribution is -0.892. The Kier molecular flexibility index (Phi) is 4.72. The van der Waals surface area contributed by atoms with Crippen LogP contribution in [0.1, 0.15) is 15.9 Å². The van der Waals surface area contributed by atoms with Crippen LogP contribution >= 0.6 is 23.2 Å². The van der Waals surface area contributed by atoms with E-state index in [4.69, 9.17) is 32.7 Å². The minimum absolute atomic E-state index is 0.331. The SMILES string of the molecule is C[NH+](Cc1ccc(Cl)c(Cl)c1)CN1C(=O)C(=O)c2cc3c(cc21)OCCO3. The van der Waals surface area contributed by atoms with Gasteiger partial charge in [0.2, 0.25) is 0 Å². The average Bonchev–Trinajstić information content (AvgIpc) is 2.87. The number of nitrogens with one attached hydrogen (secondary N) is 1. The van der Waals surface area contributed by atoms with Crippen LogP contribution in [0.3, 0.4) is 0 Å². The molecule has 4 rings (SSSR count). The quantitative estimate of drug-likeness (QED) is 0.787. The lowest BCUT2D eigenvalue weighted by Gasteiger charge is -2.23. The predicted octanol–water partition coefficient (Wildman–Crippen LogP) is 1.97. The zero-order valence-corrected chi connectivity index (χ0v) is 16.1. The normalized spacial score (nSPS) is 16.5. The molecular formula is C19H17Cl2N2O4+. The molecule has 6 nitrogen and oxygen atoms in total. The van der Waals surface area contributed by atoms with E-state index in [2.05, 4.69) is 0 Å². The number of carbonyl (C=O) groups excluding carboxylic acids is 2. The van der Waals surface area contributed by atoms with Crippen LogP contribution in [-0.4, -0.2) is 38.6 Å². The molecule has 0 aromatic heterocycles. The number of hydrogen-bond donors (Lipinski definition) is 1. The van der Waals surface area contributed by atoms with Gasteiger partial charge < -0.3 is 14.4 Å². The fraction of sp³-hybridized carbons (Fsp3) is 0.263. The molecule has 2 aromatic carbocycles. The molecule has 1 unspecified atom stereocenters. The Morgan fingerprint density at radius 1 is 1.04 bits per heavy atom. The van der Waals surface area contributed by atoms with Crippen molar-refractivity contribution in [2.45, 2.75) is 6.54 Å². The number of carbonyl (C=O) groups is 2. The summed E-state index contributed by atoms with van der Waals surface area (Å²) in [6.45, 7) is 1.82. The van der Waals surface area contributed by atoms with E-state index in [1.807, 2.05) is 13.1 Å². The number of quaternary nitrogens is 1. The first-order chi connectivity index (χ1) is 12.9. The number of fused-ring (bicyclic) bond motifs is 2. The number of halogens is 2. The van der Waals surface area contributed by atoms with Crippen LogP contribution in [0.15, 0.2) is 30.3 Å². The topological polar surface area (TPSA) is 60.3 Å². The first-order valence-corrected chi connectivity index (χ1v) is 9.24. The molecule has 2 aliphatic rings. The van der Waals surface area contributed by atoms with E-state index < -0.39 is 11.7 Å². The fourth-order valence-electron chi connectivity index (χ4n) is 3.31. The third-order valence-electron chi connectivity index (χ3n) is 4.55. The Balaban J connectivity index is 1.56. The van der Waals surface area contributed by atoms with Gasteiger partial charge in [-0.25, -0.2) is 0 Å². The molecule has 0 aliphatic carbocycles. The van der Waals surface area contributed by atoms with Crippen molar-refractivity contribution in [2.75, 3.05) is 31.8 Å². The van der Waals surface area contributed by atoms with Gasteiger partial charge in [-0.3, -0.25) is 14.5 Å². The van der Waals surface area contributed by atoms with Crippen LogP contribution in [0, 0.1) is 0 Å². The van der Waals surface area contributed by atoms with Crippen LogP contribution in [0.2, 0.25) is 10.0 Å². The van der Waals surface area contributed by atoms with Gasteiger partial charge in [-0.05, 0) is 18.2 Å². The second-order valence-corrected chi connectivity index (χ2v) is 7.43. The molecule has 0 saturated carbocycles. The molecule has 1 N–H and O–H groups in total. The van der Waals surface area contributed by atoms with Crippen molar-refractivity contribution in [3.05, 3.63) is 51.5 Å². The summed E-state index contributed by atoms with van der Waals surface area (Å²) in [5.74, 6) is -0.0145. The number of benzene rings is 2. The Morgan fingerprint density at radius 3 is 2.44 bits per heavy atom. The Hall–Kier alpha value is -2.28. The molecule has 2 aromatic rings. The minimum Gasteiger partial charge on any atom is -0.486 e. The maximum atomic E-state index is 12.5. The van der Waals surface area contributed by atoms with E-state index in [0.717, 1.165) is 10.5 Å². The molecule has 140 valence electrons. The highest BCUT2D eigenvalue weighted by molar-refractivity contribution is 6.52. The average molecular weight is 408 g/mol. The van der Waals surface area contributed by atoms with Gasteiger partial charge in [0.05, 0.1) is 28.3 Å². The Morgan fingerprint density at radius 2 is 1.74 bits per heavy atom. The molecule has 0 spiro atoms. The number of amides is 1. The maximum Gasteiger partial charge on any atom is 0.303 e. The van der Waals surface area contributed by atoms with Crippen LogP contribution < -0.4 is 19.3 Å². The highest BCUT2D eigenvalue weighted by atomic mass is 35.5. The van der Waals surface area contributed by atoms with Crippen molar-refractivity contribution in [3.63, 3.8) is 0 Å². The van der Waals surface area contributed by atoms with Crippen molar-refractivity contribution in [1.29, 1.82) is 0 Å². The summed E-state index contributed by atoms with van der Waals surface area (Å²) < 4.78 is 11.1. The molecule has 8 heteroatoms. The summed E-state index contributed by atoms with van der Waals surface area (Å²) in [7, 11) is 1.94. The molecule has 1 amide bonds. The molecule has 0 saturated heterocycles. The van der Waals surface area contributed by atoms with Crippen molar-refractivity contribution in [2.24, 2.45) is 0 Å². The van der Waals surface area contributed by atoms with E-state index in [0.29, 0.717) is 59.2 Å². The molecule has 0 fully saturated rings. The van der Waals surface area contributed by atoms with E-state index in [1.165, 1.54) is 4.90 Å². The number of ketones is 1. The molecule has 0 bridgehead atoms. The largest absolute Gasteiger partial charge is 0.486 e. The van der Waals surface area contributed by atoms with Crippen molar-refractivity contribution in [3.8, 4) is 11.5 Å². The number of nitrogens with zero attached hydrogens (tertiary/aromatic N) is 1. The van der Waals surface area contributed by atoms with Crippen LogP contribution in [0.4, 0.5) is 5.69 Å². The van der Waals surface area contributed by atoms with E-state index in [1.54, 1.807) is 24.3 Å². The summed E-state index contributed by atoms with van der Waals surface area (Å²) in [5, 5.41) is 0.989. The van der Waals surface area contributed by atoms with Crippen molar-refractivity contribution in [1.82, 2.24) is 0 Å². The van der Waals surface area contributed by atoms with Gasteiger partial charge in [-0.1, -0.05) is 29.3 Å². The zero-order valence-electron chi connectivity index (χ0n) is 14.6. The molecule has 0 radical (unpaired) electrons. The lowest BCUT2D eigenvalue weighted by atomic mass is 10.1. The van der Waals surface area contributed by atoms with Crippen LogP contribution in [-0.2, 0) is 11.3 Å². The number of anilines is 1. The fourth-order valence-corrected chi connectivity index (χ4v) is 3.63. The van der Waals surface area contributed by atoms with Crippen molar-refractivity contribution >= 4 is 40.6 Å². The summed E-state index contributed by atoms with van der Waals surface area (Å²) in [5.41, 5.74) is 1.90. The van der Waals surface area contributed by atoms with E-state index in [-0.39, 0.29) is 0 Å². The standard InChI is InChI=1S/C19H16Cl2N2O4/c1-22(9-11-2-3-13(20)14(21)6-11)10-23-15-8-17-16(26-4-5-27-17)7-12(15)18(24)19(23)25/h2-3,6-8H,4-5,9-10H2,1H3/p+1. The molecule has 2 aliphatic heterocycles. The van der Waals surface area contributed by atoms with Gasteiger partial charge in [0.25, 0.3) is 5.78 Å². The maximum absolute atomic E-state index is 12.5. The molecule has 1 atom stereocenters. The third kappa shape index (κ3) is 3.36. The number of Topliss-reactive ketones (excluding diaryl/α,β-unsaturated/α-hetero) is 1.